The van der Waals surface area contributed by atoms with Gasteiger partial charge in [-0.15, -0.1) is 0 Å². The van der Waals surface area contributed by atoms with E-state index in [1.807, 2.05) is 12.1 Å². The van der Waals surface area contributed by atoms with E-state index in [2.05, 4.69) is 20.9 Å². The molecular formula is C17H25N3O6. The molecule has 0 aromatic heterocycles. The van der Waals surface area contributed by atoms with Crippen LogP contribution in [0.15, 0.2) is 24.3 Å². The monoisotopic (exact) mass is 367 g/mol. The number of urea groups is 1. The van der Waals surface area contributed by atoms with E-state index in [-0.39, 0.29) is 6.61 Å². The van der Waals surface area contributed by atoms with Crippen molar-refractivity contribution in [1.82, 2.24) is 16.2 Å². The fourth-order valence-electron chi connectivity index (χ4n) is 1.73. The molecular weight excluding hydrogens is 342 g/mol. The lowest BCUT2D eigenvalue weighted by molar-refractivity contribution is -0.142. The summed E-state index contributed by atoms with van der Waals surface area (Å²) >= 11 is 0. The zero-order chi connectivity index (χ0) is 19.6. The number of hydrogen-bond acceptors (Lipinski definition) is 6. The summed E-state index contributed by atoms with van der Waals surface area (Å²) in [5, 5.41) is 2.60. The molecule has 1 aromatic carbocycles. The molecule has 0 saturated heterocycles. The Morgan fingerprint density at radius 2 is 1.69 bits per heavy atom. The van der Waals surface area contributed by atoms with Gasteiger partial charge in [0.2, 0.25) is 0 Å². The van der Waals surface area contributed by atoms with Crippen molar-refractivity contribution in [2.45, 2.75) is 32.8 Å². The molecule has 0 aliphatic rings. The highest BCUT2D eigenvalue weighted by Crippen LogP contribution is 2.12. The lowest BCUT2D eigenvalue weighted by Gasteiger charge is -2.19. The maximum atomic E-state index is 11.6. The summed E-state index contributed by atoms with van der Waals surface area (Å²) in [6.45, 7) is 5.38. The first-order chi connectivity index (χ1) is 12.2. The maximum absolute atomic E-state index is 11.6. The second-order valence-electron chi connectivity index (χ2n) is 6.27. The number of ether oxygens (including phenoxy) is 3. The van der Waals surface area contributed by atoms with Gasteiger partial charge in [-0.05, 0) is 44.9 Å². The fourth-order valence-corrected chi connectivity index (χ4v) is 1.73. The standard InChI is InChI=1S/C17H25N3O6/c1-17(2,3)26-16(23)20-19-15(22)18-10-9-12-5-7-13(8-6-12)25-11-14(21)24-4/h5-8H,9-11H2,1-4H3,(H,20,23)(H2,18,19,22). The minimum absolute atomic E-state index is 0.151. The lowest BCUT2D eigenvalue weighted by Crippen LogP contribution is -2.48. The predicted octanol–water partition coefficient (Wildman–Crippen LogP) is 1.52. The minimum atomic E-state index is -0.741. The number of esters is 1. The largest absolute Gasteiger partial charge is 0.482 e. The Hall–Kier alpha value is -2.97. The Kier molecular flexibility index (Phi) is 8.20. The van der Waals surface area contributed by atoms with Crippen molar-refractivity contribution in [3.8, 4) is 5.75 Å². The molecule has 1 rings (SSSR count). The first kappa shape index (κ1) is 21.1. The van der Waals surface area contributed by atoms with Gasteiger partial charge in [-0.25, -0.2) is 25.2 Å². The molecule has 0 aliphatic carbocycles. The van der Waals surface area contributed by atoms with Crippen LogP contribution in [0, 0.1) is 0 Å². The van der Waals surface area contributed by atoms with Crippen LogP contribution < -0.4 is 20.9 Å². The van der Waals surface area contributed by atoms with Crippen LogP contribution in [0.4, 0.5) is 9.59 Å². The normalized spacial score (nSPS) is 10.5. The number of methoxy groups -OCH3 is 1. The van der Waals surface area contributed by atoms with Gasteiger partial charge in [0.05, 0.1) is 7.11 Å². The van der Waals surface area contributed by atoms with Gasteiger partial charge in [0.25, 0.3) is 0 Å². The molecule has 0 aliphatic heterocycles. The first-order valence-electron chi connectivity index (χ1n) is 8.01. The van der Waals surface area contributed by atoms with Crippen LogP contribution in [-0.2, 0) is 20.7 Å². The van der Waals surface area contributed by atoms with E-state index < -0.39 is 23.7 Å². The van der Waals surface area contributed by atoms with Crippen LogP contribution in [0.5, 0.6) is 5.75 Å². The molecule has 0 atom stereocenters. The van der Waals surface area contributed by atoms with Crippen LogP contribution in [0.25, 0.3) is 0 Å². The van der Waals surface area contributed by atoms with E-state index >= 15 is 0 Å². The number of carbonyl (C=O) groups is 3. The maximum Gasteiger partial charge on any atom is 0.426 e. The molecule has 3 N–H and O–H groups in total. The summed E-state index contributed by atoms with van der Waals surface area (Å²) in [5.41, 5.74) is 4.66. The number of rotatable bonds is 6. The van der Waals surface area contributed by atoms with Gasteiger partial charge >= 0.3 is 18.1 Å². The third kappa shape index (κ3) is 9.36. The van der Waals surface area contributed by atoms with Gasteiger partial charge in [0.15, 0.2) is 6.61 Å². The summed E-state index contributed by atoms with van der Waals surface area (Å²) in [6.07, 6.45) is -0.160. The molecule has 0 saturated carbocycles. The Morgan fingerprint density at radius 3 is 2.27 bits per heavy atom. The van der Waals surface area contributed by atoms with Gasteiger partial charge < -0.3 is 19.5 Å². The number of carbonyl (C=O) groups excluding carboxylic acids is 3. The highest BCUT2D eigenvalue weighted by Gasteiger charge is 2.16. The highest BCUT2D eigenvalue weighted by molar-refractivity contribution is 5.77. The zero-order valence-corrected chi connectivity index (χ0v) is 15.4. The Labute approximate surface area is 152 Å². The molecule has 0 radical (unpaired) electrons. The molecule has 0 heterocycles. The third-order valence-corrected chi connectivity index (χ3v) is 2.88. The Balaban J connectivity index is 2.25. The topological polar surface area (TPSA) is 115 Å². The molecule has 9 nitrogen and oxygen atoms in total. The van der Waals surface area contributed by atoms with Crippen LogP contribution >= 0.6 is 0 Å². The highest BCUT2D eigenvalue weighted by atomic mass is 16.6. The molecule has 0 bridgehead atoms. The number of hydrogen-bond donors (Lipinski definition) is 3. The van der Waals surface area contributed by atoms with Gasteiger partial charge in [0.1, 0.15) is 11.4 Å². The fraction of sp³-hybridized carbons (Fsp3) is 0.471. The molecule has 3 amide bonds. The van der Waals surface area contributed by atoms with E-state index in [0.717, 1.165) is 5.56 Å². The second kappa shape index (κ2) is 10.1. The van der Waals surface area contributed by atoms with Crippen molar-refractivity contribution >= 4 is 18.1 Å². The second-order valence-corrected chi connectivity index (χ2v) is 6.27. The molecule has 9 heteroatoms. The molecule has 1 aromatic rings. The smallest absolute Gasteiger partial charge is 0.426 e. The average molecular weight is 367 g/mol. The first-order valence-corrected chi connectivity index (χ1v) is 8.01. The van der Waals surface area contributed by atoms with Crippen LogP contribution in [0.3, 0.4) is 0 Å². The van der Waals surface area contributed by atoms with Gasteiger partial charge in [0, 0.05) is 6.54 Å². The molecule has 0 unspecified atom stereocenters. The summed E-state index contributed by atoms with van der Waals surface area (Å²) in [7, 11) is 1.29. The third-order valence-electron chi connectivity index (χ3n) is 2.88. The summed E-state index contributed by atoms with van der Waals surface area (Å²) in [4.78, 5) is 34.0. The molecule has 0 spiro atoms. The van der Waals surface area contributed by atoms with Crippen molar-refractivity contribution in [3.05, 3.63) is 29.8 Å². The van der Waals surface area contributed by atoms with Crippen LogP contribution in [0.2, 0.25) is 0 Å². The molecule has 144 valence electrons. The number of amides is 3. The van der Waals surface area contributed by atoms with Crippen molar-refractivity contribution in [2.24, 2.45) is 0 Å². The Morgan fingerprint density at radius 1 is 1.04 bits per heavy atom. The SMILES string of the molecule is COC(=O)COc1ccc(CCNC(=O)NNC(=O)OC(C)(C)C)cc1. The zero-order valence-electron chi connectivity index (χ0n) is 15.4. The summed E-state index contributed by atoms with van der Waals surface area (Å²) < 4.78 is 14.7. The van der Waals surface area contributed by atoms with Crippen molar-refractivity contribution in [2.75, 3.05) is 20.3 Å². The molecule has 26 heavy (non-hydrogen) atoms. The summed E-state index contributed by atoms with van der Waals surface area (Å²) in [6, 6.07) is 6.55. The van der Waals surface area contributed by atoms with E-state index in [9.17, 15) is 14.4 Å². The average Bonchev–Trinajstić information content (AvgIpc) is 2.57. The Bertz CT molecular complexity index is 610. The van der Waals surface area contributed by atoms with Crippen molar-refractivity contribution in [3.63, 3.8) is 0 Å². The number of hydrazine groups is 1. The number of benzene rings is 1. The predicted molar refractivity (Wildman–Crippen MR) is 93.6 cm³/mol. The minimum Gasteiger partial charge on any atom is -0.482 e. The lowest BCUT2D eigenvalue weighted by atomic mass is 10.1. The van der Waals surface area contributed by atoms with Crippen molar-refractivity contribution < 1.29 is 28.6 Å². The van der Waals surface area contributed by atoms with E-state index in [4.69, 9.17) is 9.47 Å². The number of nitrogens with one attached hydrogen (secondary N) is 3. The van der Waals surface area contributed by atoms with Gasteiger partial charge in [-0.2, -0.15) is 0 Å². The van der Waals surface area contributed by atoms with Crippen LogP contribution in [-0.4, -0.2) is 44.0 Å². The van der Waals surface area contributed by atoms with Gasteiger partial charge in [-0.1, -0.05) is 12.1 Å². The van der Waals surface area contributed by atoms with Crippen molar-refractivity contribution in [1.29, 1.82) is 0 Å². The van der Waals surface area contributed by atoms with E-state index in [1.54, 1.807) is 32.9 Å². The van der Waals surface area contributed by atoms with Crippen LogP contribution in [0.1, 0.15) is 26.3 Å². The van der Waals surface area contributed by atoms with E-state index in [1.165, 1.54) is 7.11 Å². The molecule has 0 fully saturated rings. The van der Waals surface area contributed by atoms with E-state index in [0.29, 0.717) is 18.7 Å². The summed E-state index contributed by atoms with van der Waals surface area (Å²) in [5.74, 6) is 0.0932. The quantitative estimate of drug-likeness (QED) is 0.519. The van der Waals surface area contributed by atoms with Gasteiger partial charge in [-0.3, -0.25) is 0 Å².